The normalized spacial score (nSPS) is 18.3. The molecule has 0 spiro atoms. The van der Waals surface area contributed by atoms with Crippen LogP contribution < -0.4 is 5.32 Å². The zero-order chi connectivity index (χ0) is 15.1. The number of ether oxygens (including phenoxy) is 2. The van der Waals surface area contributed by atoms with Gasteiger partial charge in [-0.05, 0) is 24.1 Å². The molecule has 0 saturated carbocycles. The van der Waals surface area contributed by atoms with E-state index in [9.17, 15) is 4.79 Å². The van der Waals surface area contributed by atoms with Gasteiger partial charge in [-0.25, -0.2) is 4.79 Å². The minimum absolute atomic E-state index is 0.0487. The molecule has 1 saturated heterocycles. The topological polar surface area (TPSA) is 50.8 Å². The molecule has 1 aromatic carbocycles. The fourth-order valence-electron chi connectivity index (χ4n) is 2.23. The molecule has 0 radical (unpaired) electrons. The number of methoxy groups -OCH3 is 1. The molecule has 0 aliphatic carbocycles. The molecule has 1 aromatic rings. The molecule has 1 aliphatic heterocycles. The van der Waals surface area contributed by atoms with E-state index in [1.54, 1.807) is 18.1 Å². The van der Waals surface area contributed by atoms with Crippen molar-refractivity contribution >= 4 is 17.8 Å². The average Bonchev–Trinajstić information content (AvgIpc) is 2.54. The van der Waals surface area contributed by atoms with Gasteiger partial charge in [0.25, 0.3) is 0 Å². The number of anilines is 1. The Labute approximate surface area is 125 Å². The van der Waals surface area contributed by atoms with Gasteiger partial charge >= 0.3 is 6.03 Å². The Bertz CT molecular complexity index is 473. The molecule has 114 valence electrons. The van der Waals surface area contributed by atoms with Gasteiger partial charge in [0.1, 0.15) is 0 Å². The minimum atomic E-state index is -0.0907. The Hall–Kier alpha value is -1.85. The van der Waals surface area contributed by atoms with Gasteiger partial charge in [-0.1, -0.05) is 24.8 Å². The average molecular weight is 290 g/mol. The zero-order valence-electron chi connectivity index (χ0n) is 12.4. The van der Waals surface area contributed by atoms with Gasteiger partial charge in [0.05, 0.1) is 12.7 Å². The summed E-state index contributed by atoms with van der Waals surface area (Å²) < 4.78 is 10.7. The van der Waals surface area contributed by atoms with Crippen molar-refractivity contribution in [2.45, 2.75) is 12.5 Å². The van der Waals surface area contributed by atoms with Gasteiger partial charge in [-0.2, -0.15) is 0 Å². The Morgan fingerprint density at radius 3 is 2.95 bits per heavy atom. The second-order valence-corrected chi connectivity index (χ2v) is 4.98. The van der Waals surface area contributed by atoms with E-state index >= 15 is 0 Å². The summed E-state index contributed by atoms with van der Waals surface area (Å²) in [5.41, 5.74) is 1.81. The van der Waals surface area contributed by atoms with E-state index in [2.05, 4.69) is 11.9 Å². The third-order valence-corrected chi connectivity index (χ3v) is 3.47. The van der Waals surface area contributed by atoms with Crippen LogP contribution in [0.15, 0.2) is 30.8 Å². The summed E-state index contributed by atoms with van der Waals surface area (Å²) >= 11 is 0. The minimum Gasteiger partial charge on any atom is -0.385 e. The number of urea groups is 1. The number of benzene rings is 1. The van der Waals surface area contributed by atoms with Gasteiger partial charge in [-0.15, -0.1) is 0 Å². The summed E-state index contributed by atoms with van der Waals surface area (Å²) in [6.07, 6.45) is 2.62. The van der Waals surface area contributed by atoms with Crippen LogP contribution in [0.2, 0.25) is 0 Å². The summed E-state index contributed by atoms with van der Waals surface area (Å²) in [6, 6.07) is 7.49. The predicted octanol–water partition coefficient (Wildman–Crippen LogP) is 2.60. The molecule has 1 heterocycles. The fourth-order valence-corrected chi connectivity index (χ4v) is 2.23. The van der Waals surface area contributed by atoms with Crippen LogP contribution in [0, 0.1) is 0 Å². The Balaban J connectivity index is 1.88. The van der Waals surface area contributed by atoms with E-state index in [0.29, 0.717) is 26.3 Å². The van der Waals surface area contributed by atoms with Gasteiger partial charge in [-0.3, -0.25) is 0 Å². The lowest BCUT2D eigenvalue weighted by Gasteiger charge is -2.32. The molecule has 0 unspecified atom stereocenters. The fraction of sp³-hybridized carbons (Fsp3) is 0.438. The molecule has 1 fully saturated rings. The standard InChI is InChI=1S/C16H22N2O3/c1-3-13-4-6-14(7-5-13)17-16(19)18-9-11-21-15(12-18)8-10-20-2/h3-7,15H,1,8-12H2,2H3,(H,17,19)/t15-/m1/s1. The molecule has 5 nitrogen and oxygen atoms in total. The summed E-state index contributed by atoms with van der Waals surface area (Å²) in [4.78, 5) is 14.0. The number of nitrogens with zero attached hydrogens (tertiary/aromatic N) is 1. The maximum atomic E-state index is 12.2. The van der Waals surface area contributed by atoms with Crippen molar-refractivity contribution in [2.75, 3.05) is 38.7 Å². The first-order valence-corrected chi connectivity index (χ1v) is 7.12. The lowest BCUT2D eigenvalue weighted by Crippen LogP contribution is -2.47. The van der Waals surface area contributed by atoms with Crippen molar-refractivity contribution in [1.82, 2.24) is 4.90 Å². The number of hydrogen-bond acceptors (Lipinski definition) is 3. The molecule has 0 bridgehead atoms. The molecule has 2 rings (SSSR count). The molecule has 0 aromatic heterocycles. The smallest absolute Gasteiger partial charge is 0.322 e. The van der Waals surface area contributed by atoms with E-state index in [1.807, 2.05) is 24.3 Å². The van der Waals surface area contributed by atoms with E-state index in [1.165, 1.54) is 0 Å². The monoisotopic (exact) mass is 290 g/mol. The number of amides is 2. The van der Waals surface area contributed by atoms with Crippen molar-refractivity contribution in [3.63, 3.8) is 0 Å². The number of morpholine rings is 1. The van der Waals surface area contributed by atoms with Crippen molar-refractivity contribution in [3.05, 3.63) is 36.4 Å². The molecular formula is C16H22N2O3. The van der Waals surface area contributed by atoms with E-state index in [0.717, 1.165) is 17.7 Å². The summed E-state index contributed by atoms with van der Waals surface area (Å²) in [6.45, 7) is 6.13. The number of carbonyl (C=O) groups is 1. The highest BCUT2D eigenvalue weighted by molar-refractivity contribution is 5.89. The lowest BCUT2D eigenvalue weighted by atomic mass is 10.2. The molecule has 1 N–H and O–H groups in total. The molecule has 2 amide bonds. The highest BCUT2D eigenvalue weighted by Crippen LogP contribution is 2.13. The summed E-state index contributed by atoms with van der Waals surface area (Å²) in [7, 11) is 1.67. The van der Waals surface area contributed by atoms with E-state index in [4.69, 9.17) is 9.47 Å². The number of nitrogens with one attached hydrogen (secondary N) is 1. The van der Waals surface area contributed by atoms with Crippen LogP contribution in [-0.2, 0) is 9.47 Å². The Morgan fingerprint density at radius 1 is 1.52 bits per heavy atom. The number of hydrogen-bond donors (Lipinski definition) is 1. The highest BCUT2D eigenvalue weighted by atomic mass is 16.5. The molecule has 1 atom stereocenters. The van der Waals surface area contributed by atoms with Gasteiger partial charge < -0.3 is 19.7 Å². The van der Waals surface area contributed by atoms with Crippen molar-refractivity contribution in [1.29, 1.82) is 0 Å². The molecule has 1 aliphatic rings. The molecule has 21 heavy (non-hydrogen) atoms. The Morgan fingerprint density at radius 2 is 2.29 bits per heavy atom. The quantitative estimate of drug-likeness (QED) is 0.907. The zero-order valence-corrected chi connectivity index (χ0v) is 12.4. The first-order chi connectivity index (χ1) is 10.2. The summed E-state index contributed by atoms with van der Waals surface area (Å²) in [5, 5.41) is 2.91. The third-order valence-electron chi connectivity index (χ3n) is 3.47. The maximum absolute atomic E-state index is 12.2. The van der Waals surface area contributed by atoms with Crippen molar-refractivity contribution < 1.29 is 14.3 Å². The van der Waals surface area contributed by atoms with Gasteiger partial charge in [0.15, 0.2) is 0 Å². The van der Waals surface area contributed by atoms with Crippen LogP contribution in [0.4, 0.5) is 10.5 Å². The first kappa shape index (κ1) is 15.5. The van der Waals surface area contributed by atoms with Crippen LogP contribution in [0.3, 0.4) is 0 Å². The van der Waals surface area contributed by atoms with Crippen molar-refractivity contribution in [3.8, 4) is 0 Å². The molecular weight excluding hydrogens is 268 g/mol. The van der Waals surface area contributed by atoms with Gasteiger partial charge in [0, 0.05) is 32.5 Å². The highest BCUT2D eigenvalue weighted by Gasteiger charge is 2.23. The van der Waals surface area contributed by atoms with Crippen molar-refractivity contribution in [2.24, 2.45) is 0 Å². The number of carbonyl (C=O) groups excluding carboxylic acids is 1. The molecule has 5 heteroatoms. The maximum Gasteiger partial charge on any atom is 0.322 e. The van der Waals surface area contributed by atoms with Crippen LogP contribution >= 0.6 is 0 Å². The SMILES string of the molecule is C=Cc1ccc(NC(=O)N2CCO[C@H](CCOC)C2)cc1. The summed E-state index contributed by atoms with van der Waals surface area (Å²) in [5.74, 6) is 0. The van der Waals surface area contributed by atoms with Gasteiger partial charge in [0.2, 0.25) is 0 Å². The Kier molecular flexibility index (Phi) is 5.78. The number of rotatable bonds is 5. The predicted molar refractivity (Wildman–Crippen MR) is 83.4 cm³/mol. The van der Waals surface area contributed by atoms with Crippen LogP contribution in [-0.4, -0.2) is 50.4 Å². The largest absolute Gasteiger partial charge is 0.385 e. The van der Waals surface area contributed by atoms with Crippen LogP contribution in [0.25, 0.3) is 6.08 Å². The second-order valence-electron chi connectivity index (χ2n) is 4.98. The van der Waals surface area contributed by atoms with E-state index < -0.39 is 0 Å². The van der Waals surface area contributed by atoms with E-state index in [-0.39, 0.29) is 12.1 Å². The lowest BCUT2D eigenvalue weighted by molar-refractivity contribution is -0.0260. The van der Waals surface area contributed by atoms with Crippen LogP contribution in [0.1, 0.15) is 12.0 Å². The van der Waals surface area contributed by atoms with Crippen LogP contribution in [0.5, 0.6) is 0 Å². The second kappa shape index (κ2) is 7.81. The third kappa shape index (κ3) is 4.58. The first-order valence-electron chi connectivity index (χ1n) is 7.12.